The molecule has 5 amide bonds. The molecule has 1 heterocycles. The third-order valence-electron chi connectivity index (χ3n) is 5.61. The van der Waals surface area contributed by atoms with Gasteiger partial charge in [-0.05, 0) is 50.8 Å². The van der Waals surface area contributed by atoms with Gasteiger partial charge in [0.1, 0.15) is 18.1 Å². The van der Waals surface area contributed by atoms with Crippen LogP contribution in [-0.4, -0.2) is 81.3 Å². The summed E-state index contributed by atoms with van der Waals surface area (Å²) in [5.41, 5.74) is 5.88. The van der Waals surface area contributed by atoms with E-state index in [1.165, 1.54) is 19.1 Å². The van der Waals surface area contributed by atoms with Crippen molar-refractivity contribution in [2.45, 2.75) is 70.0 Å². The third kappa shape index (κ3) is 15.4. The lowest BCUT2D eigenvalue weighted by molar-refractivity contribution is -0.142. The Kier molecular flexibility index (Phi) is 15.4. The van der Waals surface area contributed by atoms with Gasteiger partial charge in [-0.25, -0.2) is 4.79 Å². The molecule has 8 N–H and O–H groups in total. The number of amides is 5. The first kappa shape index (κ1) is 34.2. The van der Waals surface area contributed by atoms with E-state index in [1.54, 1.807) is 24.4 Å². The van der Waals surface area contributed by atoms with Crippen molar-refractivity contribution in [1.82, 2.24) is 26.3 Å². The Morgan fingerprint density at radius 1 is 0.902 bits per heavy atom. The summed E-state index contributed by atoms with van der Waals surface area (Å²) >= 11 is 0. The Labute approximate surface area is 236 Å². The summed E-state index contributed by atoms with van der Waals surface area (Å²) < 4.78 is 0. The minimum atomic E-state index is -1.27. The van der Waals surface area contributed by atoms with E-state index in [0.29, 0.717) is 18.5 Å². The first-order valence-corrected chi connectivity index (χ1v) is 12.9. The predicted octanol–water partition coefficient (Wildman–Crippen LogP) is -0.929. The van der Waals surface area contributed by atoms with Crippen LogP contribution in [0.3, 0.4) is 0 Å². The van der Waals surface area contributed by atoms with E-state index in [9.17, 15) is 38.7 Å². The molecule has 15 heteroatoms. The van der Waals surface area contributed by atoms with Crippen LogP contribution in [0.4, 0.5) is 0 Å². The highest BCUT2D eigenvalue weighted by atomic mass is 16.4. The number of nitrogens with one attached hydrogen (secondary N) is 4. The highest BCUT2D eigenvalue weighted by Gasteiger charge is 2.25. The van der Waals surface area contributed by atoms with Gasteiger partial charge in [-0.1, -0.05) is 6.07 Å². The first-order valence-electron chi connectivity index (χ1n) is 12.9. The van der Waals surface area contributed by atoms with Crippen LogP contribution in [0, 0.1) is 0 Å². The quantitative estimate of drug-likeness (QED) is 0.0787. The third-order valence-corrected chi connectivity index (χ3v) is 5.61. The fourth-order valence-corrected chi connectivity index (χ4v) is 3.35. The van der Waals surface area contributed by atoms with Gasteiger partial charge in [-0.2, -0.15) is 0 Å². The summed E-state index contributed by atoms with van der Waals surface area (Å²) in [6.07, 6.45) is 4.05. The second-order valence-corrected chi connectivity index (χ2v) is 9.02. The molecule has 1 rings (SSSR count). The number of carboxylic acid groups (broad SMARTS) is 2. The number of rotatable bonds is 19. The van der Waals surface area contributed by atoms with Crippen molar-refractivity contribution in [3.63, 3.8) is 0 Å². The number of aromatic nitrogens is 1. The number of carbonyl (C=O) groups excluding carboxylic acids is 5. The molecule has 0 radical (unpaired) electrons. The number of pyridine rings is 1. The van der Waals surface area contributed by atoms with Crippen LogP contribution in [0.15, 0.2) is 30.5 Å². The zero-order valence-electron chi connectivity index (χ0n) is 22.6. The van der Waals surface area contributed by atoms with Gasteiger partial charge in [0.25, 0.3) is 0 Å². The second kappa shape index (κ2) is 18.5. The van der Waals surface area contributed by atoms with Crippen molar-refractivity contribution in [3.05, 3.63) is 36.2 Å². The summed E-state index contributed by atoms with van der Waals surface area (Å²) in [6, 6.07) is 1.64. The van der Waals surface area contributed by atoms with Crippen LogP contribution in [0.5, 0.6) is 0 Å². The fraction of sp³-hybridized carbons (Fsp3) is 0.462. The van der Waals surface area contributed by atoms with Gasteiger partial charge in [-0.3, -0.25) is 33.8 Å². The molecule has 0 saturated heterocycles. The monoisotopic (exact) mass is 576 g/mol. The Hall–Kier alpha value is -4.82. The molecule has 224 valence electrons. The van der Waals surface area contributed by atoms with Crippen molar-refractivity contribution in [2.24, 2.45) is 5.73 Å². The Morgan fingerprint density at radius 2 is 1.63 bits per heavy atom. The van der Waals surface area contributed by atoms with E-state index < -0.39 is 59.6 Å². The van der Waals surface area contributed by atoms with E-state index in [4.69, 9.17) is 10.8 Å². The zero-order valence-corrected chi connectivity index (χ0v) is 22.6. The topological polar surface area (TPSA) is 247 Å². The molecule has 41 heavy (non-hydrogen) atoms. The number of hydrogen-bond donors (Lipinski definition) is 7. The number of primary amides is 1. The molecule has 1 aromatic rings. The summed E-state index contributed by atoms with van der Waals surface area (Å²) in [5, 5.41) is 27.6. The van der Waals surface area contributed by atoms with Crippen LogP contribution in [0.1, 0.15) is 57.6 Å². The van der Waals surface area contributed by atoms with E-state index in [2.05, 4.69) is 26.3 Å². The van der Waals surface area contributed by atoms with Gasteiger partial charge in [0.15, 0.2) is 0 Å². The number of nitrogens with zero attached hydrogens (tertiary/aromatic N) is 1. The molecule has 0 bridgehead atoms. The molecule has 0 aliphatic carbocycles. The Balaban J connectivity index is 2.46. The lowest BCUT2D eigenvalue weighted by Crippen LogP contribution is -2.52. The zero-order chi connectivity index (χ0) is 30.8. The molecule has 0 aromatic carbocycles. The van der Waals surface area contributed by atoms with Crippen molar-refractivity contribution < 1.29 is 43.8 Å². The maximum absolute atomic E-state index is 12.5. The minimum absolute atomic E-state index is 0.0635. The maximum atomic E-state index is 12.5. The summed E-state index contributed by atoms with van der Waals surface area (Å²) in [6.45, 7) is 1.61. The molecule has 0 unspecified atom stereocenters. The van der Waals surface area contributed by atoms with E-state index >= 15 is 0 Å². The van der Waals surface area contributed by atoms with Crippen molar-refractivity contribution in [3.8, 4) is 0 Å². The fourth-order valence-electron chi connectivity index (χ4n) is 3.35. The second-order valence-electron chi connectivity index (χ2n) is 9.02. The SMILES string of the molecule is C[C@H](NC(=O)/C=C/c1ccccn1)C(=O)N[C@H](CCC(=O)N[C@@H](CCCCNC(=O)CCC(=O)O)C(=O)O)C(N)=O. The lowest BCUT2D eigenvalue weighted by atomic mass is 10.1. The molecule has 0 aliphatic rings. The van der Waals surface area contributed by atoms with Gasteiger partial charge in [0.2, 0.25) is 29.5 Å². The molecule has 0 fully saturated rings. The van der Waals surface area contributed by atoms with Crippen molar-refractivity contribution >= 4 is 47.6 Å². The van der Waals surface area contributed by atoms with Crippen LogP contribution in [-0.2, 0) is 33.6 Å². The predicted molar refractivity (Wildman–Crippen MR) is 145 cm³/mol. The summed E-state index contributed by atoms with van der Waals surface area (Å²) in [5.74, 6) is -5.68. The van der Waals surface area contributed by atoms with Crippen molar-refractivity contribution in [1.29, 1.82) is 0 Å². The number of unbranched alkanes of at least 4 members (excludes halogenated alkanes) is 1. The average molecular weight is 577 g/mol. The normalized spacial score (nSPS) is 12.9. The van der Waals surface area contributed by atoms with Crippen LogP contribution in [0.2, 0.25) is 0 Å². The molecule has 0 saturated carbocycles. The largest absolute Gasteiger partial charge is 0.481 e. The van der Waals surface area contributed by atoms with Crippen molar-refractivity contribution in [2.75, 3.05) is 6.54 Å². The molecular weight excluding hydrogens is 540 g/mol. The first-order chi connectivity index (χ1) is 19.4. The van der Waals surface area contributed by atoms with Gasteiger partial charge in [0.05, 0.1) is 12.1 Å². The Morgan fingerprint density at radius 3 is 2.24 bits per heavy atom. The molecule has 3 atom stereocenters. The molecule has 0 spiro atoms. The number of nitrogens with two attached hydrogens (primary N) is 1. The minimum Gasteiger partial charge on any atom is -0.481 e. The summed E-state index contributed by atoms with van der Waals surface area (Å²) in [7, 11) is 0. The number of hydrogen-bond acceptors (Lipinski definition) is 8. The smallest absolute Gasteiger partial charge is 0.326 e. The van der Waals surface area contributed by atoms with Gasteiger partial charge in [0, 0.05) is 31.7 Å². The highest BCUT2D eigenvalue weighted by Crippen LogP contribution is 2.05. The average Bonchev–Trinajstić information content (AvgIpc) is 2.92. The van der Waals surface area contributed by atoms with Crippen LogP contribution >= 0.6 is 0 Å². The van der Waals surface area contributed by atoms with Crippen LogP contribution in [0.25, 0.3) is 6.08 Å². The highest BCUT2D eigenvalue weighted by molar-refractivity contribution is 5.96. The standard InChI is InChI=1S/C26H36N6O9/c1-16(30-21(34)10-8-17-6-2-4-14-28-17)25(39)32-18(24(27)38)9-11-22(35)31-19(26(40)41)7-3-5-15-29-20(33)12-13-23(36)37/h2,4,6,8,10,14,16,18-19H,3,5,7,9,11-13,15H2,1H3,(H2,27,38)(H,29,33)(H,30,34)(H,31,35)(H,32,39)(H,36,37)(H,40,41)/b10-8+/t16-,18+,19-/m0/s1. The molecule has 0 aliphatic heterocycles. The number of carboxylic acids is 2. The maximum Gasteiger partial charge on any atom is 0.326 e. The van der Waals surface area contributed by atoms with Gasteiger partial charge in [-0.15, -0.1) is 0 Å². The van der Waals surface area contributed by atoms with Gasteiger partial charge >= 0.3 is 11.9 Å². The molecular formula is C26H36N6O9. The number of carbonyl (C=O) groups is 7. The van der Waals surface area contributed by atoms with E-state index in [1.807, 2.05) is 0 Å². The number of aliphatic carboxylic acids is 2. The Bertz CT molecular complexity index is 1110. The van der Waals surface area contributed by atoms with Gasteiger partial charge < -0.3 is 37.2 Å². The molecule has 1 aromatic heterocycles. The van der Waals surface area contributed by atoms with Crippen LogP contribution < -0.4 is 27.0 Å². The van der Waals surface area contributed by atoms with E-state index in [-0.39, 0.29) is 38.6 Å². The molecule has 15 nitrogen and oxygen atoms in total. The van der Waals surface area contributed by atoms with E-state index in [0.717, 1.165) is 0 Å². The summed E-state index contributed by atoms with van der Waals surface area (Å²) in [4.78, 5) is 86.2. The lowest BCUT2D eigenvalue weighted by Gasteiger charge is -2.19.